The molecule has 0 aromatic carbocycles. The Morgan fingerprint density at radius 1 is 0.324 bits per heavy atom. The van der Waals surface area contributed by atoms with Crippen molar-refractivity contribution < 1.29 is 96.6 Å². The molecule has 0 aromatic heterocycles. The molecule has 0 spiro atoms. The van der Waals surface area contributed by atoms with Crippen molar-refractivity contribution in [3.05, 3.63) is 0 Å². The summed E-state index contributed by atoms with van der Waals surface area (Å²) in [4.78, 5) is 0. The Labute approximate surface area is 170 Å². The molecule has 0 aliphatic carbocycles. The fourth-order valence-electron chi connectivity index (χ4n) is 1.81. The predicted molar refractivity (Wildman–Crippen MR) is 61.1 cm³/mol. The van der Waals surface area contributed by atoms with E-state index in [1.54, 1.807) is 0 Å². The summed E-state index contributed by atoms with van der Waals surface area (Å²) in [6, 6.07) is 0. The lowest BCUT2D eigenvalue weighted by molar-refractivity contribution is -0.470. The van der Waals surface area contributed by atoms with Crippen LogP contribution in [0.25, 0.3) is 0 Å². The number of rotatable bonds is 10. The second-order valence-corrected chi connectivity index (χ2v) is 6.41. The molecule has 22 heteroatoms. The van der Waals surface area contributed by atoms with E-state index in [-0.39, 0.29) is 0 Å². The molecule has 0 aliphatic rings. The Morgan fingerprint density at radius 3 is 0.676 bits per heavy atom. The highest BCUT2D eigenvalue weighted by atomic mass is 19.4. The molecule has 34 heavy (non-hydrogen) atoms. The van der Waals surface area contributed by atoms with Crippen molar-refractivity contribution in [2.24, 2.45) is 0 Å². The molecule has 0 radical (unpaired) electrons. The first kappa shape index (κ1) is 32.5. The van der Waals surface area contributed by atoms with E-state index in [0.29, 0.717) is 0 Å². The Balaban J connectivity index is 7.08. The van der Waals surface area contributed by atoms with Gasteiger partial charge in [-0.1, -0.05) is 0 Å². The van der Waals surface area contributed by atoms with E-state index in [1.807, 2.05) is 0 Å². The largest absolute Gasteiger partial charge is 0.385 e. The van der Waals surface area contributed by atoms with Crippen LogP contribution in [0.3, 0.4) is 0 Å². The smallest absolute Gasteiger partial charge is 0.203 e. The first-order valence-electron chi connectivity index (χ1n) is 7.25. The Morgan fingerprint density at radius 2 is 0.500 bits per heavy atom. The van der Waals surface area contributed by atoms with Crippen LogP contribution in [0.1, 0.15) is 6.92 Å². The van der Waals surface area contributed by atoms with Crippen molar-refractivity contribution in [2.45, 2.75) is 72.6 Å². The highest BCUT2D eigenvalue weighted by Crippen LogP contribution is 2.66. The van der Waals surface area contributed by atoms with Gasteiger partial charge < -0.3 is 0 Å². The minimum absolute atomic E-state index is 1.43. The molecule has 0 unspecified atom stereocenters. The maximum absolute atomic E-state index is 13.3. The predicted octanol–water partition coefficient (Wildman–Crippen LogP) is 7.62. The van der Waals surface area contributed by atoms with Crippen molar-refractivity contribution in [1.82, 2.24) is 0 Å². The van der Waals surface area contributed by atoms with Crippen LogP contribution in [-0.2, 0) is 0 Å². The summed E-state index contributed by atoms with van der Waals surface area (Å²) in [5.74, 6) is -84.7. The first-order valence-corrected chi connectivity index (χ1v) is 7.25. The van der Waals surface area contributed by atoms with Gasteiger partial charge in [-0.2, -0.15) is 87.8 Å². The van der Waals surface area contributed by atoms with Crippen LogP contribution < -0.4 is 0 Å². The quantitative estimate of drug-likeness (QED) is 0.239. The van der Waals surface area contributed by atoms with E-state index in [0.717, 1.165) is 0 Å². The zero-order valence-corrected chi connectivity index (χ0v) is 14.9. The highest BCUT2D eigenvalue weighted by Gasteiger charge is 2.97. The molecule has 206 valence electrons. The van der Waals surface area contributed by atoms with Crippen molar-refractivity contribution in [3.8, 4) is 0 Å². The second kappa shape index (κ2) is 7.73. The van der Waals surface area contributed by atoms with Gasteiger partial charge in [0.1, 0.15) is 0 Å². The molecule has 0 heterocycles. The lowest BCUT2D eigenvalue weighted by Crippen LogP contribution is -2.77. The van der Waals surface area contributed by atoms with E-state index in [1.165, 1.54) is 0 Å². The maximum atomic E-state index is 13.3. The van der Waals surface area contributed by atoms with Gasteiger partial charge >= 0.3 is 65.7 Å². The lowest BCUT2D eigenvalue weighted by Gasteiger charge is -2.44. The standard InChI is InChI=1S/C12H4F22/c1-3(15,16)5(19,20)7(23,24)9(27,28)11(31,32)12(33,34)10(29,30)8(25,26)6(21,22)4(17,18)2(13)14/h2H,1H3. The number of hydrogen-bond acceptors (Lipinski definition) is 0. The zero-order valence-electron chi connectivity index (χ0n) is 14.9. The summed E-state index contributed by atoms with van der Waals surface area (Å²) in [5, 5.41) is 0. The van der Waals surface area contributed by atoms with Crippen molar-refractivity contribution in [1.29, 1.82) is 0 Å². The maximum Gasteiger partial charge on any atom is 0.385 e. The van der Waals surface area contributed by atoms with Gasteiger partial charge in [-0.25, -0.2) is 8.78 Å². The Bertz CT molecular complexity index is 737. The van der Waals surface area contributed by atoms with Gasteiger partial charge in [-0.05, 0) is 0 Å². The summed E-state index contributed by atoms with van der Waals surface area (Å²) in [6.07, 6.45) is -6.16. The minimum atomic E-state index is -9.21. The van der Waals surface area contributed by atoms with E-state index in [4.69, 9.17) is 0 Å². The van der Waals surface area contributed by atoms with Gasteiger partial charge in [0, 0.05) is 6.92 Å². The zero-order chi connectivity index (χ0) is 28.6. The lowest BCUT2D eigenvalue weighted by atomic mass is 9.85. The van der Waals surface area contributed by atoms with E-state index in [9.17, 15) is 96.6 Å². The molecule has 0 nitrogen and oxygen atoms in total. The van der Waals surface area contributed by atoms with Crippen LogP contribution in [0.2, 0.25) is 0 Å². The summed E-state index contributed by atoms with van der Waals surface area (Å²) < 4.78 is 284. The van der Waals surface area contributed by atoms with Crippen LogP contribution in [-0.4, -0.2) is 65.7 Å². The molecule has 0 N–H and O–H groups in total. The minimum Gasteiger partial charge on any atom is -0.203 e. The van der Waals surface area contributed by atoms with E-state index < -0.39 is 72.6 Å². The monoisotopic (exact) mass is 566 g/mol. The third kappa shape index (κ3) is 3.62. The molecule has 0 aliphatic heterocycles. The Kier molecular flexibility index (Phi) is 7.38. The molecular weight excluding hydrogens is 562 g/mol. The average molecular weight is 566 g/mol. The molecular formula is C12H4F22. The van der Waals surface area contributed by atoms with Crippen LogP contribution in [0.15, 0.2) is 0 Å². The van der Waals surface area contributed by atoms with Crippen LogP contribution in [0, 0.1) is 0 Å². The van der Waals surface area contributed by atoms with Crippen LogP contribution >= 0.6 is 0 Å². The van der Waals surface area contributed by atoms with Gasteiger partial charge in [0.25, 0.3) is 0 Å². The van der Waals surface area contributed by atoms with Crippen molar-refractivity contribution in [3.63, 3.8) is 0 Å². The summed E-state index contributed by atoms with van der Waals surface area (Å²) in [5.41, 5.74) is 0. The van der Waals surface area contributed by atoms with Crippen LogP contribution in [0.4, 0.5) is 96.6 Å². The van der Waals surface area contributed by atoms with Crippen molar-refractivity contribution in [2.75, 3.05) is 0 Å². The molecule has 0 saturated heterocycles. The summed E-state index contributed by atoms with van der Waals surface area (Å²) in [6.45, 7) is -1.43. The van der Waals surface area contributed by atoms with Crippen LogP contribution in [0.5, 0.6) is 0 Å². The molecule has 0 saturated carbocycles. The van der Waals surface area contributed by atoms with Gasteiger partial charge in [0.05, 0.1) is 0 Å². The third-order valence-corrected chi connectivity index (χ3v) is 4.00. The Hall–Kier alpha value is -1.54. The number of hydrogen-bond donors (Lipinski definition) is 0. The van der Waals surface area contributed by atoms with Gasteiger partial charge in [0.15, 0.2) is 0 Å². The second-order valence-electron chi connectivity index (χ2n) is 6.41. The molecule has 0 aromatic rings. The summed E-state index contributed by atoms with van der Waals surface area (Å²) >= 11 is 0. The SMILES string of the molecule is CC(F)(F)C(F)(F)C(F)(F)C(F)(F)C(F)(F)C(F)(F)C(F)(F)C(F)(F)C(F)(F)C(F)(F)C(F)F. The molecule has 0 atom stereocenters. The van der Waals surface area contributed by atoms with E-state index >= 15 is 0 Å². The molecule has 0 rings (SSSR count). The first-order chi connectivity index (χ1) is 14.2. The van der Waals surface area contributed by atoms with Gasteiger partial charge in [0.2, 0.25) is 0 Å². The average Bonchev–Trinajstić information content (AvgIpc) is 2.58. The highest BCUT2D eigenvalue weighted by molar-refractivity contribution is 5.18. The fourth-order valence-corrected chi connectivity index (χ4v) is 1.81. The van der Waals surface area contributed by atoms with Crippen molar-refractivity contribution >= 4 is 0 Å². The molecule has 0 fully saturated rings. The number of alkyl halides is 22. The number of halogens is 22. The topological polar surface area (TPSA) is 0 Å². The molecule has 0 amide bonds. The fraction of sp³-hybridized carbons (Fsp3) is 1.00. The van der Waals surface area contributed by atoms with Gasteiger partial charge in [-0.15, -0.1) is 0 Å². The van der Waals surface area contributed by atoms with E-state index in [2.05, 4.69) is 0 Å². The summed E-state index contributed by atoms with van der Waals surface area (Å²) in [7, 11) is 0. The normalized spacial score (nSPS) is 16.9. The van der Waals surface area contributed by atoms with Gasteiger partial charge in [-0.3, -0.25) is 0 Å². The molecule has 0 bridgehead atoms. The third-order valence-electron chi connectivity index (χ3n) is 4.00.